The van der Waals surface area contributed by atoms with Gasteiger partial charge in [-0.1, -0.05) is 18.2 Å². The zero-order chi connectivity index (χ0) is 13.9. The molecule has 0 saturated carbocycles. The molecule has 4 heteroatoms. The Bertz CT molecular complexity index is 698. The van der Waals surface area contributed by atoms with E-state index in [0.29, 0.717) is 6.04 Å². The number of aromatic amines is 1. The summed E-state index contributed by atoms with van der Waals surface area (Å²) in [5.74, 6) is 0. The predicted molar refractivity (Wildman–Crippen MR) is 85.3 cm³/mol. The fourth-order valence-corrected chi connectivity index (χ4v) is 3.15. The molecule has 0 saturated heterocycles. The second kappa shape index (κ2) is 5.77. The van der Waals surface area contributed by atoms with E-state index in [0.717, 1.165) is 23.7 Å². The molecule has 3 aromatic rings. The Hall–Kier alpha value is -1.65. The summed E-state index contributed by atoms with van der Waals surface area (Å²) in [5.41, 5.74) is 3.73. The number of fused-ring (bicyclic) bond motifs is 1. The van der Waals surface area contributed by atoms with E-state index in [2.05, 4.69) is 58.1 Å². The minimum absolute atomic E-state index is 0.310. The first-order valence-corrected chi connectivity index (χ1v) is 7.82. The van der Waals surface area contributed by atoms with Gasteiger partial charge in [0.1, 0.15) is 0 Å². The van der Waals surface area contributed by atoms with Crippen LogP contribution in [0.2, 0.25) is 0 Å². The Labute approximate surface area is 123 Å². The smallest absolute Gasteiger partial charge is 0.0898 e. The molecule has 2 aromatic heterocycles. The van der Waals surface area contributed by atoms with Crippen molar-refractivity contribution in [3.8, 4) is 0 Å². The van der Waals surface area contributed by atoms with Crippen LogP contribution in [-0.2, 0) is 6.42 Å². The summed E-state index contributed by atoms with van der Waals surface area (Å²) in [7, 11) is 0. The molecular formula is C16H19N3S. The number of nitrogens with one attached hydrogen (secondary N) is 2. The molecule has 1 atom stereocenters. The molecule has 20 heavy (non-hydrogen) atoms. The molecular weight excluding hydrogens is 266 g/mol. The maximum absolute atomic E-state index is 4.53. The highest BCUT2D eigenvalue weighted by molar-refractivity contribution is 7.09. The van der Waals surface area contributed by atoms with E-state index >= 15 is 0 Å². The first-order chi connectivity index (χ1) is 9.74. The maximum atomic E-state index is 4.53. The Morgan fingerprint density at radius 1 is 1.35 bits per heavy atom. The molecule has 0 aliphatic rings. The van der Waals surface area contributed by atoms with E-state index in [4.69, 9.17) is 0 Å². The third-order valence-electron chi connectivity index (χ3n) is 3.60. The van der Waals surface area contributed by atoms with Crippen LogP contribution in [0.1, 0.15) is 29.2 Å². The molecule has 1 aromatic carbocycles. The maximum Gasteiger partial charge on any atom is 0.0898 e. The van der Waals surface area contributed by atoms with E-state index in [1.54, 1.807) is 11.3 Å². The summed E-state index contributed by atoms with van der Waals surface area (Å²) >= 11 is 1.71. The van der Waals surface area contributed by atoms with Crippen LogP contribution in [0.3, 0.4) is 0 Å². The third-order valence-corrected chi connectivity index (χ3v) is 4.39. The lowest BCUT2D eigenvalue weighted by molar-refractivity contribution is 0.566. The molecule has 104 valence electrons. The normalized spacial score (nSPS) is 12.9. The SMILES string of the molecule is Cc1nc(C(C)NCCc2c[nH]c3ccccc23)cs1. The van der Waals surface area contributed by atoms with Gasteiger partial charge in [-0.2, -0.15) is 0 Å². The van der Waals surface area contributed by atoms with Gasteiger partial charge >= 0.3 is 0 Å². The quantitative estimate of drug-likeness (QED) is 0.748. The molecule has 0 aliphatic heterocycles. The van der Waals surface area contributed by atoms with Crippen LogP contribution in [-0.4, -0.2) is 16.5 Å². The predicted octanol–water partition coefficient (Wildman–Crippen LogP) is 3.83. The molecule has 0 spiro atoms. The number of nitrogens with zero attached hydrogens (tertiary/aromatic N) is 1. The van der Waals surface area contributed by atoms with E-state index in [1.807, 2.05) is 6.92 Å². The number of hydrogen-bond donors (Lipinski definition) is 2. The van der Waals surface area contributed by atoms with Crippen molar-refractivity contribution in [3.05, 3.63) is 52.1 Å². The van der Waals surface area contributed by atoms with Gasteiger partial charge in [0.05, 0.1) is 10.7 Å². The minimum atomic E-state index is 0.310. The van der Waals surface area contributed by atoms with Gasteiger partial charge in [0.25, 0.3) is 0 Å². The van der Waals surface area contributed by atoms with Gasteiger partial charge in [0.15, 0.2) is 0 Å². The second-order valence-electron chi connectivity index (χ2n) is 5.08. The number of rotatable bonds is 5. The zero-order valence-electron chi connectivity index (χ0n) is 11.8. The summed E-state index contributed by atoms with van der Waals surface area (Å²) in [4.78, 5) is 7.85. The lowest BCUT2D eigenvalue weighted by Gasteiger charge is -2.11. The Morgan fingerprint density at radius 3 is 3.00 bits per heavy atom. The van der Waals surface area contributed by atoms with Crippen molar-refractivity contribution in [2.24, 2.45) is 0 Å². The van der Waals surface area contributed by atoms with Gasteiger partial charge in [-0.3, -0.25) is 0 Å². The topological polar surface area (TPSA) is 40.7 Å². The first-order valence-electron chi connectivity index (χ1n) is 6.94. The number of benzene rings is 1. The van der Waals surface area contributed by atoms with Crippen molar-refractivity contribution in [1.82, 2.24) is 15.3 Å². The monoisotopic (exact) mass is 285 g/mol. The van der Waals surface area contributed by atoms with Gasteiger partial charge in [-0.15, -0.1) is 11.3 Å². The molecule has 0 bridgehead atoms. The highest BCUT2D eigenvalue weighted by atomic mass is 32.1. The average Bonchev–Trinajstić information content (AvgIpc) is 3.06. The van der Waals surface area contributed by atoms with Gasteiger partial charge in [-0.05, 0) is 38.4 Å². The van der Waals surface area contributed by atoms with Crippen LogP contribution in [0.25, 0.3) is 10.9 Å². The fraction of sp³-hybridized carbons (Fsp3) is 0.312. The summed E-state index contributed by atoms with van der Waals surface area (Å²) in [6.45, 7) is 5.18. The molecule has 3 nitrogen and oxygen atoms in total. The van der Waals surface area contributed by atoms with E-state index < -0.39 is 0 Å². The van der Waals surface area contributed by atoms with E-state index in [-0.39, 0.29) is 0 Å². The lowest BCUT2D eigenvalue weighted by Crippen LogP contribution is -2.21. The van der Waals surface area contributed by atoms with Crippen molar-refractivity contribution in [3.63, 3.8) is 0 Å². The average molecular weight is 285 g/mol. The number of para-hydroxylation sites is 1. The van der Waals surface area contributed by atoms with Crippen molar-refractivity contribution in [1.29, 1.82) is 0 Å². The van der Waals surface area contributed by atoms with E-state index in [1.165, 1.54) is 16.5 Å². The number of thiazole rings is 1. The second-order valence-corrected chi connectivity index (χ2v) is 6.14. The Morgan fingerprint density at radius 2 is 2.20 bits per heavy atom. The third kappa shape index (κ3) is 2.76. The summed E-state index contributed by atoms with van der Waals surface area (Å²) < 4.78 is 0. The number of H-pyrrole nitrogens is 1. The van der Waals surface area contributed by atoms with Crippen molar-refractivity contribution >= 4 is 22.2 Å². The molecule has 0 radical (unpaired) electrons. The Kier molecular flexibility index (Phi) is 3.85. The molecule has 2 N–H and O–H groups in total. The fourth-order valence-electron chi connectivity index (χ4n) is 2.45. The molecule has 0 amide bonds. The minimum Gasteiger partial charge on any atom is -0.361 e. The number of aromatic nitrogens is 2. The molecule has 1 unspecified atom stereocenters. The molecule has 0 fully saturated rings. The van der Waals surface area contributed by atoms with Gasteiger partial charge < -0.3 is 10.3 Å². The van der Waals surface area contributed by atoms with Crippen LogP contribution in [0.4, 0.5) is 0 Å². The van der Waals surface area contributed by atoms with Gasteiger partial charge in [-0.25, -0.2) is 4.98 Å². The largest absolute Gasteiger partial charge is 0.361 e. The van der Waals surface area contributed by atoms with Crippen LogP contribution < -0.4 is 5.32 Å². The number of hydrogen-bond acceptors (Lipinski definition) is 3. The highest BCUT2D eigenvalue weighted by Crippen LogP contribution is 2.19. The van der Waals surface area contributed by atoms with E-state index in [9.17, 15) is 0 Å². The molecule has 2 heterocycles. The van der Waals surface area contributed by atoms with Crippen molar-refractivity contribution in [2.45, 2.75) is 26.3 Å². The Balaban J connectivity index is 1.60. The van der Waals surface area contributed by atoms with Crippen LogP contribution in [0.5, 0.6) is 0 Å². The lowest BCUT2D eigenvalue weighted by atomic mass is 10.1. The van der Waals surface area contributed by atoms with Crippen LogP contribution in [0, 0.1) is 6.92 Å². The standard InChI is InChI=1S/C16H19N3S/c1-11(16-10-20-12(2)19-16)17-8-7-13-9-18-15-6-4-3-5-14(13)15/h3-6,9-11,17-18H,7-8H2,1-2H3. The van der Waals surface area contributed by atoms with Gasteiger partial charge in [0, 0.05) is 28.5 Å². The van der Waals surface area contributed by atoms with Gasteiger partial charge in [0.2, 0.25) is 0 Å². The van der Waals surface area contributed by atoms with Crippen molar-refractivity contribution in [2.75, 3.05) is 6.54 Å². The highest BCUT2D eigenvalue weighted by Gasteiger charge is 2.08. The van der Waals surface area contributed by atoms with Crippen LogP contribution in [0.15, 0.2) is 35.8 Å². The van der Waals surface area contributed by atoms with Crippen LogP contribution >= 0.6 is 11.3 Å². The molecule has 0 aliphatic carbocycles. The molecule has 3 rings (SSSR count). The first kappa shape index (κ1) is 13.3. The number of aryl methyl sites for hydroxylation is 1. The zero-order valence-corrected chi connectivity index (χ0v) is 12.6. The summed E-state index contributed by atoms with van der Waals surface area (Å²) in [6, 6.07) is 8.76. The summed E-state index contributed by atoms with van der Waals surface area (Å²) in [5, 5.41) is 8.14. The summed E-state index contributed by atoms with van der Waals surface area (Å²) in [6.07, 6.45) is 3.14. The van der Waals surface area contributed by atoms with Crippen molar-refractivity contribution < 1.29 is 0 Å².